The Morgan fingerprint density at radius 1 is 0.906 bits per heavy atom. The van der Waals surface area contributed by atoms with Crippen molar-refractivity contribution in [3.63, 3.8) is 0 Å². The molecule has 0 bridgehead atoms. The van der Waals surface area contributed by atoms with E-state index in [-0.39, 0.29) is 22.6 Å². The lowest BCUT2D eigenvalue weighted by Gasteiger charge is -2.10. The average molecular weight is 441 g/mol. The first-order valence-electron chi connectivity index (χ1n) is 9.34. The van der Waals surface area contributed by atoms with Crippen molar-refractivity contribution in [2.24, 2.45) is 0 Å². The number of nitrogens with zero attached hydrogens (tertiary/aromatic N) is 1. The van der Waals surface area contributed by atoms with E-state index in [4.69, 9.17) is 5.73 Å². The van der Waals surface area contributed by atoms with E-state index in [1.807, 2.05) is 0 Å². The van der Waals surface area contributed by atoms with E-state index >= 15 is 0 Å². The van der Waals surface area contributed by atoms with E-state index in [9.17, 15) is 27.2 Å². The maximum atomic E-state index is 13.2. The largest absolute Gasteiger partial charge is 0.416 e. The SMILES string of the molecule is Nc1c(C(=O)Nc2cccc(C(F)(F)F)c2)c2ccccc2n1C(=O)c1ccc(F)cc1. The molecular formula is C23H15F4N3O2. The number of rotatable bonds is 3. The van der Waals surface area contributed by atoms with Gasteiger partial charge in [0.2, 0.25) is 0 Å². The molecule has 32 heavy (non-hydrogen) atoms. The van der Waals surface area contributed by atoms with Crippen LogP contribution in [0.25, 0.3) is 10.9 Å². The Bertz CT molecular complexity index is 1340. The zero-order valence-corrected chi connectivity index (χ0v) is 16.3. The van der Waals surface area contributed by atoms with Crippen LogP contribution in [0.4, 0.5) is 29.1 Å². The number of halogens is 4. The summed E-state index contributed by atoms with van der Waals surface area (Å²) >= 11 is 0. The van der Waals surface area contributed by atoms with Gasteiger partial charge >= 0.3 is 6.18 Å². The number of para-hydroxylation sites is 1. The molecule has 0 unspecified atom stereocenters. The van der Waals surface area contributed by atoms with Gasteiger partial charge in [0.05, 0.1) is 16.6 Å². The molecule has 1 amide bonds. The van der Waals surface area contributed by atoms with Crippen molar-refractivity contribution in [3.05, 3.63) is 95.3 Å². The maximum Gasteiger partial charge on any atom is 0.416 e. The number of amides is 1. The highest BCUT2D eigenvalue weighted by atomic mass is 19.4. The fourth-order valence-electron chi connectivity index (χ4n) is 3.41. The number of carbonyl (C=O) groups is 2. The minimum Gasteiger partial charge on any atom is -0.384 e. The third-order valence-corrected chi connectivity index (χ3v) is 4.88. The van der Waals surface area contributed by atoms with Gasteiger partial charge in [-0.25, -0.2) is 4.39 Å². The summed E-state index contributed by atoms with van der Waals surface area (Å²) in [5.41, 5.74) is 5.58. The van der Waals surface area contributed by atoms with Gasteiger partial charge in [-0.1, -0.05) is 24.3 Å². The fourth-order valence-corrected chi connectivity index (χ4v) is 3.41. The Balaban J connectivity index is 1.77. The highest BCUT2D eigenvalue weighted by Crippen LogP contribution is 2.32. The molecule has 4 aromatic rings. The molecule has 3 aromatic carbocycles. The quantitative estimate of drug-likeness (QED) is 0.423. The number of carbonyl (C=O) groups excluding carboxylic acids is 2. The van der Waals surface area contributed by atoms with Crippen LogP contribution in [-0.4, -0.2) is 16.4 Å². The standard InChI is InChI=1S/C23H15F4N3O2/c24-15-10-8-13(9-11-15)22(32)30-18-7-2-1-6-17(18)19(20(30)28)21(31)29-16-5-3-4-14(12-16)23(25,26)27/h1-12H,28H2,(H,29,31). The topological polar surface area (TPSA) is 77.1 Å². The van der Waals surface area contributed by atoms with Gasteiger partial charge in [0.25, 0.3) is 11.8 Å². The van der Waals surface area contributed by atoms with E-state index in [0.717, 1.165) is 28.8 Å². The number of aromatic nitrogens is 1. The molecule has 4 rings (SSSR count). The van der Waals surface area contributed by atoms with Crippen LogP contribution in [-0.2, 0) is 6.18 Å². The summed E-state index contributed by atoms with van der Waals surface area (Å²) in [5.74, 6) is -2.07. The van der Waals surface area contributed by atoms with Crippen LogP contribution in [0.1, 0.15) is 26.3 Å². The minimum absolute atomic E-state index is 0.0616. The van der Waals surface area contributed by atoms with E-state index in [1.165, 1.54) is 24.3 Å². The zero-order chi connectivity index (χ0) is 23.0. The van der Waals surface area contributed by atoms with E-state index in [2.05, 4.69) is 5.32 Å². The van der Waals surface area contributed by atoms with Gasteiger partial charge in [-0.15, -0.1) is 0 Å². The summed E-state index contributed by atoms with van der Waals surface area (Å²) in [6.45, 7) is 0. The number of hydrogen-bond donors (Lipinski definition) is 2. The lowest BCUT2D eigenvalue weighted by Crippen LogP contribution is -2.18. The minimum atomic E-state index is -4.57. The molecule has 5 nitrogen and oxygen atoms in total. The molecule has 0 aliphatic carbocycles. The molecule has 1 heterocycles. The van der Waals surface area contributed by atoms with E-state index in [0.29, 0.717) is 10.9 Å². The number of benzene rings is 3. The van der Waals surface area contributed by atoms with Gasteiger partial charge in [-0.05, 0) is 48.5 Å². The molecule has 0 spiro atoms. The van der Waals surface area contributed by atoms with Crippen LogP contribution in [0, 0.1) is 5.82 Å². The van der Waals surface area contributed by atoms with Crippen molar-refractivity contribution >= 4 is 34.2 Å². The van der Waals surface area contributed by atoms with Gasteiger partial charge in [0.15, 0.2) is 0 Å². The first-order chi connectivity index (χ1) is 15.2. The van der Waals surface area contributed by atoms with Crippen LogP contribution in [0.15, 0.2) is 72.8 Å². The van der Waals surface area contributed by atoms with Gasteiger partial charge < -0.3 is 11.1 Å². The molecule has 3 N–H and O–H groups in total. The lowest BCUT2D eigenvalue weighted by atomic mass is 10.1. The number of alkyl halides is 3. The number of nitrogens with one attached hydrogen (secondary N) is 1. The first-order valence-corrected chi connectivity index (χ1v) is 9.34. The Labute approximate surface area is 179 Å². The summed E-state index contributed by atoms with van der Waals surface area (Å²) in [7, 11) is 0. The third-order valence-electron chi connectivity index (χ3n) is 4.88. The first kappa shape index (κ1) is 21.1. The summed E-state index contributed by atoms with van der Waals surface area (Å²) < 4.78 is 53.3. The molecule has 0 fully saturated rings. The fraction of sp³-hybridized carbons (Fsp3) is 0.0435. The summed E-state index contributed by atoms with van der Waals surface area (Å²) in [5, 5.41) is 2.75. The molecule has 0 saturated heterocycles. The van der Waals surface area contributed by atoms with Crippen LogP contribution in [0.5, 0.6) is 0 Å². The van der Waals surface area contributed by atoms with Crippen molar-refractivity contribution in [2.45, 2.75) is 6.18 Å². The Kier molecular flexibility index (Phi) is 5.17. The summed E-state index contributed by atoms with van der Waals surface area (Å²) in [6.07, 6.45) is -4.57. The number of nitrogens with two attached hydrogens (primary N) is 1. The Hall–Kier alpha value is -4.14. The van der Waals surface area contributed by atoms with Gasteiger partial charge in [-0.2, -0.15) is 13.2 Å². The van der Waals surface area contributed by atoms with Crippen LogP contribution in [0.3, 0.4) is 0 Å². The molecule has 0 aliphatic rings. The van der Waals surface area contributed by atoms with Crippen molar-refractivity contribution in [3.8, 4) is 0 Å². The molecule has 0 aliphatic heterocycles. The second kappa shape index (κ2) is 7.84. The summed E-state index contributed by atoms with van der Waals surface area (Å²) in [4.78, 5) is 26.0. The Morgan fingerprint density at radius 3 is 2.28 bits per heavy atom. The molecular weight excluding hydrogens is 426 g/mol. The predicted molar refractivity (Wildman–Crippen MR) is 112 cm³/mol. The predicted octanol–water partition coefficient (Wildman–Crippen LogP) is 5.32. The molecule has 0 radical (unpaired) electrons. The van der Waals surface area contributed by atoms with Gasteiger partial charge in [0.1, 0.15) is 11.6 Å². The van der Waals surface area contributed by atoms with Crippen molar-refractivity contribution in [1.29, 1.82) is 0 Å². The summed E-state index contributed by atoms with van der Waals surface area (Å²) in [6, 6.07) is 15.4. The zero-order valence-electron chi connectivity index (χ0n) is 16.3. The smallest absolute Gasteiger partial charge is 0.384 e. The van der Waals surface area contributed by atoms with Crippen LogP contribution >= 0.6 is 0 Å². The highest BCUT2D eigenvalue weighted by Gasteiger charge is 2.31. The van der Waals surface area contributed by atoms with Gasteiger partial charge in [0, 0.05) is 16.6 Å². The number of fused-ring (bicyclic) bond motifs is 1. The maximum absolute atomic E-state index is 13.2. The van der Waals surface area contributed by atoms with Crippen molar-refractivity contribution in [2.75, 3.05) is 11.1 Å². The van der Waals surface area contributed by atoms with Crippen molar-refractivity contribution in [1.82, 2.24) is 4.57 Å². The van der Waals surface area contributed by atoms with Crippen LogP contribution in [0.2, 0.25) is 0 Å². The second-order valence-corrected chi connectivity index (χ2v) is 6.96. The van der Waals surface area contributed by atoms with Crippen molar-refractivity contribution < 1.29 is 27.2 Å². The average Bonchev–Trinajstić information content (AvgIpc) is 3.05. The molecule has 0 saturated carbocycles. The monoisotopic (exact) mass is 441 g/mol. The number of hydrogen-bond acceptors (Lipinski definition) is 3. The lowest BCUT2D eigenvalue weighted by molar-refractivity contribution is -0.137. The molecule has 0 atom stereocenters. The molecule has 1 aromatic heterocycles. The highest BCUT2D eigenvalue weighted by molar-refractivity contribution is 6.19. The molecule has 162 valence electrons. The van der Waals surface area contributed by atoms with E-state index < -0.39 is 29.4 Å². The second-order valence-electron chi connectivity index (χ2n) is 6.96. The Morgan fingerprint density at radius 2 is 1.59 bits per heavy atom. The normalized spacial score (nSPS) is 11.5. The number of nitrogen functional groups attached to an aromatic ring is 1. The van der Waals surface area contributed by atoms with Gasteiger partial charge in [-0.3, -0.25) is 14.2 Å². The number of anilines is 2. The van der Waals surface area contributed by atoms with E-state index in [1.54, 1.807) is 24.3 Å². The molecule has 9 heteroatoms. The third kappa shape index (κ3) is 3.80. The van der Waals surface area contributed by atoms with Crippen LogP contribution < -0.4 is 11.1 Å².